The van der Waals surface area contributed by atoms with Crippen molar-refractivity contribution >= 4 is 35.6 Å². The number of hydrogen-bond donors (Lipinski definition) is 1. The molecule has 172 valence electrons. The summed E-state index contributed by atoms with van der Waals surface area (Å²) in [6.45, 7) is 7.81. The van der Waals surface area contributed by atoms with E-state index in [0.29, 0.717) is 28.8 Å². The fourth-order valence-corrected chi connectivity index (χ4v) is 4.85. The van der Waals surface area contributed by atoms with E-state index in [4.69, 9.17) is 16.0 Å². The van der Waals surface area contributed by atoms with Crippen molar-refractivity contribution in [1.82, 2.24) is 10.2 Å². The third-order valence-corrected chi connectivity index (χ3v) is 6.79. The molecule has 7 heteroatoms. The van der Waals surface area contributed by atoms with Crippen LogP contribution in [0.25, 0.3) is 17.0 Å². The van der Waals surface area contributed by atoms with Crippen LogP contribution in [0.1, 0.15) is 45.1 Å². The zero-order valence-electron chi connectivity index (χ0n) is 18.9. The smallest absolute Gasteiger partial charge is 0.315 e. The first kappa shape index (κ1) is 23.2. The molecular weight excluding hydrogens is 439 g/mol. The zero-order valence-corrected chi connectivity index (χ0v) is 19.6. The van der Waals surface area contributed by atoms with Crippen LogP contribution in [-0.4, -0.2) is 23.0 Å². The van der Waals surface area contributed by atoms with Crippen molar-refractivity contribution in [3.05, 3.63) is 64.9 Å². The number of nitrogens with one attached hydrogen (secondary N) is 1. The highest BCUT2D eigenvalue weighted by Crippen LogP contribution is 2.41. The summed E-state index contributed by atoms with van der Waals surface area (Å²) in [7, 11) is 0. The molecule has 0 aliphatic heterocycles. The standard InChI is InChI=1S/C26H28ClFN4O/c1-4-22(23-15-21(28)13-14-24(23)29-3)18-7-5-17(6-8-18)16(2)30-26-32-31-25(33-26)19-9-11-20(27)12-10-19/h4,9-18H,3,5-8H2,1-2H3,(H,30,32)/b22-4-/t16-,17?,18?/m1/s1. The second kappa shape index (κ2) is 10.3. The Morgan fingerprint density at radius 1 is 1.18 bits per heavy atom. The third-order valence-electron chi connectivity index (χ3n) is 6.54. The molecule has 0 amide bonds. The summed E-state index contributed by atoms with van der Waals surface area (Å²) < 4.78 is 19.7. The lowest BCUT2D eigenvalue weighted by molar-refractivity contribution is 0.290. The average molecular weight is 467 g/mol. The maximum atomic E-state index is 13.9. The van der Waals surface area contributed by atoms with Gasteiger partial charge in [0.15, 0.2) is 0 Å². The Balaban J connectivity index is 1.37. The largest absolute Gasteiger partial charge is 0.403 e. The van der Waals surface area contributed by atoms with Crippen LogP contribution in [0.3, 0.4) is 0 Å². The van der Waals surface area contributed by atoms with Crippen LogP contribution in [0, 0.1) is 17.7 Å². The van der Waals surface area contributed by atoms with Crippen molar-refractivity contribution in [2.45, 2.75) is 45.6 Å². The number of aliphatic imine (C=N–C) groups is 1. The molecule has 4 rings (SSSR count). The number of benzene rings is 2. The highest BCUT2D eigenvalue weighted by molar-refractivity contribution is 6.30. The molecule has 33 heavy (non-hydrogen) atoms. The highest BCUT2D eigenvalue weighted by atomic mass is 35.5. The SMILES string of the molecule is C=Nc1ccc(F)cc1/C(=C\C)C1CCC([C@@H](C)Nc2nnc(-c3ccc(Cl)cc3)o2)CC1. The molecule has 1 N–H and O–H groups in total. The molecule has 0 unspecified atom stereocenters. The predicted molar refractivity (Wildman–Crippen MR) is 133 cm³/mol. The molecule has 1 atom stereocenters. The Morgan fingerprint density at radius 3 is 2.58 bits per heavy atom. The molecule has 1 heterocycles. The van der Waals surface area contributed by atoms with Gasteiger partial charge in [-0.3, -0.25) is 4.99 Å². The summed E-state index contributed by atoms with van der Waals surface area (Å²) in [6, 6.07) is 12.6. The number of aromatic nitrogens is 2. The summed E-state index contributed by atoms with van der Waals surface area (Å²) in [5.74, 6) is 1.07. The van der Waals surface area contributed by atoms with E-state index in [2.05, 4.69) is 40.2 Å². The van der Waals surface area contributed by atoms with Crippen LogP contribution >= 0.6 is 11.6 Å². The third kappa shape index (κ3) is 5.33. The quantitative estimate of drug-likeness (QED) is 0.364. The first-order chi connectivity index (χ1) is 16.0. The van der Waals surface area contributed by atoms with Crippen molar-refractivity contribution in [3.8, 4) is 11.5 Å². The molecule has 1 aliphatic rings. The Hall–Kier alpha value is -2.99. The number of allylic oxidation sites excluding steroid dienone is 2. The molecule has 0 bridgehead atoms. The van der Waals surface area contributed by atoms with Crippen LogP contribution in [-0.2, 0) is 0 Å². The molecular formula is C26H28ClFN4O. The van der Waals surface area contributed by atoms with Gasteiger partial charge in [0.05, 0.1) is 5.69 Å². The predicted octanol–water partition coefficient (Wildman–Crippen LogP) is 7.57. The van der Waals surface area contributed by atoms with Crippen molar-refractivity contribution in [2.24, 2.45) is 16.8 Å². The van der Waals surface area contributed by atoms with Crippen LogP contribution in [0.5, 0.6) is 0 Å². The summed E-state index contributed by atoms with van der Waals surface area (Å²) in [5, 5.41) is 12.3. The van der Waals surface area contributed by atoms with Gasteiger partial charge in [-0.1, -0.05) is 22.8 Å². The van der Waals surface area contributed by atoms with Gasteiger partial charge in [0.2, 0.25) is 5.89 Å². The van der Waals surface area contributed by atoms with E-state index in [9.17, 15) is 4.39 Å². The normalized spacial score (nSPS) is 19.8. The summed E-state index contributed by atoms with van der Waals surface area (Å²) in [5.41, 5.74) is 3.57. The van der Waals surface area contributed by atoms with Crippen molar-refractivity contribution in [2.75, 3.05) is 5.32 Å². The Morgan fingerprint density at radius 2 is 1.91 bits per heavy atom. The van der Waals surface area contributed by atoms with E-state index in [1.54, 1.807) is 24.3 Å². The zero-order chi connectivity index (χ0) is 23.4. The van der Waals surface area contributed by atoms with Gasteiger partial charge in [-0.15, -0.1) is 5.10 Å². The fourth-order valence-electron chi connectivity index (χ4n) is 4.72. The van der Waals surface area contributed by atoms with Crippen LogP contribution < -0.4 is 5.32 Å². The molecule has 0 radical (unpaired) electrons. The van der Waals surface area contributed by atoms with Gasteiger partial charge in [0, 0.05) is 22.2 Å². The molecule has 5 nitrogen and oxygen atoms in total. The number of nitrogens with zero attached hydrogens (tertiary/aromatic N) is 3. The monoisotopic (exact) mass is 466 g/mol. The minimum absolute atomic E-state index is 0.193. The van der Waals surface area contributed by atoms with E-state index in [0.717, 1.165) is 48.1 Å². The van der Waals surface area contributed by atoms with Crippen molar-refractivity contribution < 1.29 is 8.81 Å². The average Bonchev–Trinajstić information content (AvgIpc) is 3.29. The first-order valence-corrected chi connectivity index (χ1v) is 11.6. The number of halogens is 2. The number of hydrogen-bond acceptors (Lipinski definition) is 5. The van der Waals surface area contributed by atoms with Gasteiger partial charge in [-0.2, -0.15) is 0 Å². The maximum Gasteiger partial charge on any atom is 0.315 e. The van der Waals surface area contributed by atoms with Gasteiger partial charge in [-0.05, 0) is 106 Å². The summed E-state index contributed by atoms with van der Waals surface area (Å²) >= 11 is 5.95. The lowest BCUT2D eigenvalue weighted by Crippen LogP contribution is -2.30. The van der Waals surface area contributed by atoms with Gasteiger partial charge in [-0.25, -0.2) is 4.39 Å². The number of rotatable bonds is 7. The van der Waals surface area contributed by atoms with Crippen LogP contribution in [0.4, 0.5) is 16.1 Å². The highest BCUT2D eigenvalue weighted by Gasteiger charge is 2.29. The second-order valence-corrected chi connectivity index (χ2v) is 8.96. The summed E-state index contributed by atoms with van der Waals surface area (Å²) in [6.07, 6.45) is 6.26. The molecule has 0 saturated heterocycles. The molecule has 1 aromatic heterocycles. The minimum atomic E-state index is -0.249. The lowest BCUT2D eigenvalue weighted by Gasteiger charge is -2.33. The maximum absolute atomic E-state index is 13.9. The van der Waals surface area contributed by atoms with E-state index < -0.39 is 0 Å². The summed E-state index contributed by atoms with van der Waals surface area (Å²) in [4.78, 5) is 4.10. The minimum Gasteiger partial charge on any atom is -0.403 e. The van der Waals surface area contributed by atoms with Gasteiger partial charge < -0.3 is 9.73 Å². The van der Waals surface area contributed by atoms with Crippen molar-refractivity contribution in [1.29, 1.82) is 0 Å². The van der Waals surface area contributed by atoms with Crippen LogP contribution in [0.15, 0.2) is 58.0 Å². The fraction of sp³-hybridized carbons (Fsp3) is 0.346. The first-order valence-electron chi connectivity index (χ1n) is 11.3. The van der Waals surface area contributed by atoms with Gasteiger partial charge in [0.1, 0.15) is 5.82 Å². The topological polar surface area (TPSA) is 63.3 Å². The van der Waals surface area contributed by atoms with Crippen LogP contribution in [0.2, 0.25) is 5.02 Å². The second-order valence-electron chi connectivity index (χ2n) is 8.53. The lowest BCUT2D eigenvalue weighted by atomic mass is 9.74. The Labute approximate surface area is 198 Å². The molecule has 3 aromatic rings. The van der Waals surface area contributed by atoms with E-state index in [-0.39, 0.29) is 11.9 Å². The molecule has 1 saturated carbocycles. The molecule has 0 spiro atoms. The number of anilines is 1. The molecule has 2 aromatic carbocycles. The van der Waals surface area contributed by atoms with Gasteiger partial charge >= 0.3 is 6.01 Å². The Kier molecular flexibility index (Phi) is 7.23. The molecule has 1 aliphatic carbocycles. The van der Waals surface area contributed by atoms with Gasteiger partial charge in [0.25, 0.3) is 0 Å². The Bertz CT molecular complexity index is 1130. The molecule has 1 fully saturated rings. The van der Waals surface area contributed by atoms with Crippen molar-refractivity contribution in [3.63, 3.8) is 0 Å². The van der Waals surface area contributed by atoms with E-state index in [1.165, 1.54) is 6.07 Å². The van der Waals surface area contributed by atoms with E-state index >= 15 is 0 Å². The van der Waals surface area contributed by atoms with E-state index in [1.807, 2.05) is 19.1 Å².